The molecule has 1 aliphatic rings. The number of hydrogen-bond donors (Lipinski definition) is 1. The van der Waals surface area contributed by atoms with Crippen LogP contribution in [-0.2, 0) is 4.74 Å². The second kappa shape index (κ2) is 2.06. The van der Waals surface area contributed by atoms with Crippen molar-refractivity contribution in [2.45, 2.75) is 6.04 Å². The van der Waals surface area contributed by atoms with Crippen LogP contribution < -0.4 is 0 Å². The second-order valence-corrected chi connectivity index (χ2v) is 1.72. The van der Waals surface area contributed by atoms with E-state index in [0.717, 1.165) is 0 Å². The molecule has 1 fully saturated rings. The van der Waals surface area contributed by atoms with Gasteiger partial charge in [0, 0.05) is 0 Å². The van der Waals surface area contributed by atoms with E-state index in [1.165, 1.54) is 6.08 Å². The van der Waals surface area contributed by atoms with Gasteiger partial charge in [-0.1, -0.05) is 6.08 Å². The van der Waals surface area contributed by atoms with Crippen LogP contribution >= 0.6 is 0 Å². The predicted molar refractivity (Wildman–Crippen MR) is 29.0 cm³/mol. The lowest BCUT2D eigenvalue weighted by molar-refractivity contribution is -0.0482. The Balaban J connectivity index is 2.61. The first kappa shape index (κ1) is 6.10. The molecular formula is C5H7NO3. The molecule has 4 nitrogen and oxygen atoms in total. The lowest BCUT2D eigenvalue weighted by atomic mass is 10.3. The molecule has 0 aromatic carbocycles. The van der Waals surface area contributed by atoms with Gasteiger partial charge in [0.15, 0.2) is 0 Å². The molecule has 0 aromatic heterocycles. The van der Waals surface area contributed by atoms with Crippen LogP contribution in [0.5, 0.6) is 0 Å². The summed E-state index contributed by atoms with van der Waals surface area (Å²) in [6.45, 7) is 3.59. The highest BCUT2D eigenvalue weighted by atomic mass is 16.6. The van der Waals surface area contributed by atoms with E-state index in [2.05, 4.69) is 11.3 Å². The normalized spacial score (nSPS) is 26.1. The predicted octanol–water partition coefficient (Wildman–Crippen LogP) is 0.382. The van der Waals surface area contributed by atoms with Crippen LogP contribution in [0.25, 0.3) is 0 Å². The Morgan fingerprint density at radius 1 is 2.00 bits per heavy atom. The van der Waals surface area contributed by atoms with Gasteiger partial charge in [0.2, 0.25) is 0 Å². The van der Waals surface area contributed by atoms with Crippen molar-refractivity contribution in [1.29, 1.82) is 0 Å². The molecular weight excluding hydrogens is 122 g/mol. The van der Waals surface area contributed by atoms with Crippen LogP contribution in [0, 0.1) is 0 Å². The number of hydroxylamine groups is 2. The largest absolute Gasteiger partial charge is 0.445 e. The molecule has 9 heavy (non-hydrogen) atoms. The molecule has 1 saturated heterocycles. The quantitative estimate of drug-likeness (QED) is 0.411. The minimum absolute atomic E-state index is 0.193. The third-order valence-corrected chi connectivity index (χ3v) is 1.15. The molecule has 0 radical (unpaired) electrons. The highest BCUT2D eigenvalue weighted by Crippen LogP contribution is 2.08. The van der Waals surface area contributed by atoms with Crippen LogP contribution in [0.4, 0.5) is 4.79 Å². The minimum atomic E-state index is -0.708. The van der Waals surface area contributed by atoms with Gasteiger partial charge in [-0.15, -0.1) is 6.58 Å². The molecule has 0 saturated carbocycles. The van der Waals surface area contributed by atoms with Gasteiger partial charge in [-0.25, -0.2) is 4.79 Å². The summed E-state index contributed by atoms with van der Waals surface area (Å²) in [7, 11) is 0. The zero-order valence-electron chi connectivity index (χ0n) is 4.78. The minimum Gasteiger partial charge on any atom is -0.445 e. The maximum absolute atomic E-state index is 10.3. The summed E-state index contributed by atoms with van der Waals surface area (Å²) >= 11 is 0. The first-order valence-electron chi connectivity index (χ1n) is 2.53. The smallest absolute Gasteiger partial charge is 0.434 e. The van der Waals surface area contributed by atoms with E-state index in [1.807, 2.05) is 0 Å². The SMILES string of the molecule is C=CC1COC(=O)N1O. The zero-order valence-corrected chi connectivity index (χ0v) is 4.78. The summed E-state index contributed by atoms with van der Waals surface area (Å²) in [5.74, 6) is 0. The van der Waals surface area contributed by atoms with Crippen molar-refractivity contribution in [1.82, 2.24) is 5.06 Å². The molecule has 1 rings (SSSR count). The van der Waals surface area contributed by atoms with Crippen molar-refractivity contribution in [2.75, 3.05) is 6.61 Å². The zero-order chi connectivity index (χ0) is 6.85. The van der Waals surface area contributed by atoms with Crippen LogP contribution in [0.3, 0.4) is 0 Å². The van der Waals surface area contributed by atoms with Crippen LogP contribution in [0.15, 0.2) is 12.7 Å². The Morgan fingerprint density at radius 2 is 2.67 bits per heavy atom. The molecule has 0 aliphatic carbocycles. The molecule has 50 valence electrons. The van der Waals surface area contributed by atoms with E-state index in [0.29, 0.717) is 5.06 Å². The second-order valence-electron chi connectivity index (χ2n) is 1.72. The molecule has 1 aliphatic heterocycles. The van der Waals surface area contributed by atoms with Gasteiger partial charge in [-0.3, -0.25) is 5.21 Å². The molecule has 1 heterocycles. The van der Waals surface area contributed by atoms with Crippen LogP contribution in [-0.4, -0.2) is 29.0 Å². The van der Waals surface area contributed by atoms with Crippen molar-refractivity contribution in [3.63, 3.8) is 0 Å². The van der Waals surface area contributed by atoms with Gasteiger partial charge < -0.3 is 4.74 Å². The number of carbonyl (C=O) groups is 1. The van der Waals surface area contributed by atoms with Gasteiger partial charge in [0.1, 0.15) is 12.6 Å². The standard InChI is InChI=1S/C5H7NO3/c1-2-4-3-9-5(7)6(4)8/h2,4,8H,1,3H2. The van der Waals surface area contributed by atoms with E-state index >= 15 is 0 Å². The number of rotatable bonds is 1. The number of hydrogen-bond acceptors (Lipinski definition) is 3. The summed E-state index contributed by atoms with van der Waals surface area (Å²) in [4.78, 5) is 10.3. The Bertz CT molecular complexity index is 145. The van der Waals surface area contributed by atoms with Crippen LogP contribution in [0.2, 0.25) is 0 Å². The highest BCUT2D eigenvalue weighted by molar-refractivity contribution is 5.68. The van der Waals surface area contributed by atoms with E-state index in [-0.39, 0.29) is 12.6 Å². The average molecular weight is 129 g/mol. The monoisotopic (exact) mass is 129 g/mol. The van der Waals surface area contributed by atoms with Crippen molar-refractivity contribution in [2.24, 2.45) is 0 Å². The summed E-state index contributed by atoms with van der Waals surface area (Å²) in [6.07, 6.45) is 0.741. The van der Waals surface area contributed by atoms with Gasteiger partial charge in [-0.05, 0) is 0 Å². The fourth-order valence-corrected chi connectivity index (χ4v) is 0.597. The fourth-order valence-electron chi connectivity index (χ4n) is 0.597. The lowest BCUT2D eigenvalue weighted by Crippen LogP contribution is -2.27. The van der Waals surface area contributed by atoms with Gasteiger partial charge in [-0.2, -0.15) is 5.06 Å². The first-order chi connectivity index (χ1) is 4.25. The average Bonchev–Trinajstić information content (AvgIpc) is 2.15. The van der Waals surface area contributed by atoms with Gasteiger partial charge >= 0.3 is 6.09 Å². The third kappa shape index (κ3) is 0.882. The van der Waals surface area contributed by atoms with Crippen molar-refractivity contribution >= 4 is 6.09 Å². The van der Waals surface area contributed by atoms with Gasteiger partial charge in [0.25, 0.3) is 0 Å². The Kier molecular flexibility index (Phi) is 1.40. The summed E-state index contributed by atoms with van der Waals surface area (Å²) in [6, 6.07) is -0.377. The molecule has 1 N–H and O–H groups in total. The first-order valence-corrected chi connectivity index (χ1v) is 2.53. The van der Waals surface area contributed by atoms with Crippen molar-refractivity contribution < 1.29 is 14.7 Å². The number of carbonyl (C=O) groups excluding carboxylic acids is 1. The van der Waals surface area contributed by atoms with E-state index in [4.69, 9.17) is 5.21 Å². The Labute approximate surface area is 52.3 Å². The summed E-state index contributed by atoms with van der Waals surface area (Å²) < 4.78 is 4.43. The van der Waals surface area contributed by atoms with Crippen molar-refractivity contribution in [3.05, 3.63) is 12.7 Å². The Hall–Kier alpha value is -1.03. The summed E-state index contributed by atoms with van der Waals surface area (Å²) in [5.41, 5.74) is 0. The number of nitrogens with zero attached hydrogens (tertiary/aromatic N) is 1. The molecule has 4 heteroatoms. The molecule has 1 amide bonds. The number of cyclic esters (lactones) is 1. The molecule has 0 aromatic rings. The topological polar surface area (TPSA) is 49.8 Å². The van der Waals surface area contributed by atoms with E-state index in [1.54, 1.807) is 0 Å². The third-order valence-electron chi connectivity index (χ3n) is 1.15. The fraction of sp³-hybridized carbons (Fsp3) is 0.400. The lowest BCUT2D eigenvalue weighted by Gasteiger charge is -2.06. The van der Waals surface area contributed by atoms with Gasteiger partial charge in [0.05, 0.1) is 0 Å². The maximum Gasteiger partial charge on any atom is 0.434 e. The molecule has 0 spiro atoms. The summed E-state index contributed by atoms with van der Waals surface area (Å²) in [5, 5.41) is 9.27. The van der Waals surface area contributed by atoms with Crippen LogP contribution in [0.1, 0.15) is 0 Å². The number of ether oxygens (including phenoxy) is 1. The molecule has 0 bridgehead atoms. The maximum atomic E-state index is 10.3. The number of amides is 1. The van der Waals surface area contributed by atoms with Crippen molar-refractivity contribution in [3.8, 4) is 0 Å². The van der Waals surface area contributed by atoms with E-state index in [9.17, 15) is 4.79 Å². The highest BCUT2D eigenvalue weighted by Gasteiger charge is 2.28. The van der Waals surface area contributed by atoms with E-state index < -0.39 is 6.09 Å². The molecule has 1 atom stereocenters. The molecule has 1 unspecified atom stereocenters. The Morgan fingerprint density at radius 3 is 2.89 bits per heavy atom.